The molecular weight excluding hydrogens is 420 g/mol. The highest BCUT2D eigenvalue weighted by Gasteiger charge is 2.49. The first kappa shape index (κ1) is 20.9. The molecule has 1 aromatic rings. The van der Waals surface area contributed by atoms with Crippen molar-refractivity contribution in [2.45, 2.75) is 25.3 Å². The zero-order valence-electron chi connectivity index (χ0n) is 15.2. The quantitative estimate of drug-likeness (QED) is 0.199. The molecule has 152 valence electrons. The van der Waals surface area contributed by atoms with E-state index in [2.05, 4.69) is 0 Å². The molecule has 9 nitrogen and oxygen atoms in total. The molecule has 0 N–H and O–H groups in total. The summed E-state index contributed by atoms with van der Waals surface area (Å²) in [4.78, 5) is 47.5. The third-order valence-corrected chi connectivity index (χ3v) is 6.27. The van der Waals surface area contributed by atoms with Crippen LogP contribution >= 0.6 is 23.5 Å². The van der Waals surface area contributed by atoms with Crippen LogP contribution in [0, 0.1) is 10.1 Å². The Kier molecular flexibility index (Phi) is 6.60. The average Bonchev–Trinajstić information content (AvgIpc) is 2.98. The zero-order chi connectivity index (χ0) is 21.0. The largest absolute Gasteiger partial charge is 0.463 e. The van der Waals surface area contributed by atoms with Crippen LogP contribution in [0.3, 0.4) is 0 Å². The highest BCUT2D eigenvalue weighted by Crippen LogP contribution is 2.51. The van der Waals surface area contributed by atoms with Crippen LogP contribution in [0.2, 0.25) is 0 Å². The summed E-state index contributed by atoms with van der Waals surface area (Å²) in [6.07, 6.45) is 1.58. The first-order valence-corrected chi connectivity index (χ1v) is 10.3. The predicted molar refractivity (Wildman–Crippen MR) is 106 cm³/mol. The Bertz CT molecular complexity index is 911. The lowest BCUT2D eigenvalue weighted by Gasteiger charge is -2.34. The Balaban J connectivity index is 1.68. The molecule has 3 rings (SSSR count). The maximum atomic E-state index is 12.6. The molecular formula is C18H16N2O7S2. The maximum Gasteiger partial charge on any atom is 0.357 e. The molecule has 2 heterocycles. The van der Waals surface area contributed by atoms with E-state index in [0.29, 0.717) is 16.2 Å². The van der Waals surface area contributed by atoms with Gasteiger partial charge in [-0.05, 0) is 30.0 Å². The summed E-state index contributed by atoms with van der Waals surface area (Å²) in [6.45, 7) is 1.87. The van der Waals surface area contributed by atoms with Gasteiger partial charge in [-0.2, -0.15) is 0 Å². The number of nitrogens with zero attached hydrogens (tertiary/aromatic N) is 2. The van der Waals surface area contributed by atoms with Crippen LogP contribution in [-0.4, -0.2) is 39.6 Å². The highest BCUT2D eigenvalue weighted by molar-refractivity contribution is 8.24. The molecule has 0 radical (unpaired) electrons. The van der Waals surface area contributed by atoms with Crippen molar-refractivity contribution in [3.8, 4) is 0 Å². The number of hydrogen-bond acceptors (Lipinski definition) is 9. The number of carbonyl (C=O) groups is 3. The van der Waals surface area contributed by atoms with Gasteiger partial charge in [-0.1, -0.05) is 23.5 Å². The van der Waals surface area contributed by atoms with Gasteiger partial charge in [0.25, 0.3) is 5.69 Å². The van der Waals surface area contributed by atoms with Crippen LogP contribution in [0.1, 0.15) is 18.9 Å². The van der Waals surface area contributed by atoms with Gasteiger partial charge in [0.2, 0.25) is 5.91 Å². The summed E-state index contributed by atoms with van der Waals surface area (Å²) >= 11 is 2.50. The third kappa shape index (κ3) is 4.80. The number of amides is 1. The molecule has 0 spiro atoms. The Morgan fingerprint density at radius 1 is 1.34 bits per heavy atom. The number of ether oxygens (including phenoxy) is 2. The van der Waals surface area contributed by atoms with Gasteiger partial charge < -0.3 is 9.47 Å². The van der Waals surface area contributed by atoms with Gasteiger partial charge in [-0.25, -0.2) is 9.59 Å². The second-order valence-electron chi connectivity index (χ2n) is 5.85. The Morgan fingerprint density at radius 2 is 2.07 bits per heavy atom. The Morgan fingerprint density at radius 3 is 2.69 bits per heavy atom. The van der Waals surface area contributed by atoms with E-state index < -0.39 is 16.9 Å². The van der Waals surface area contributed by atoms with Gasteiger partial charge in [0.1, 0.15) is 6.61 Å². The van der Waals surface area contributed by atoms with E-state index in [9.17, 15) is 24.5 Å². The summed E-state index contributed by atoms with van der Waals surface area (Å²) < 4.78 is 10.7. The predicted octanol–water partition coefficient (Wildman–Crippen LogP) is 2.92. The lowest BCUT2D eigenvalue weighted by atomic mass is 10.2. The minimum atomic E-state index is -0.668. The number of nitro groups is 1. The summed E-state index contributed by atoms with van der Waals surface area (Å²) in [6, 6.07) is 5.64. The molecule has 1 saturated heterocycles. The fraction of sp³-hybridized carbons (Fsp3) is 0.278. The van der Waals surface area contributed by atoms with Gasteiger partial charge in [0.05, 0.1) is 27.6 Å². The van der Waals surface area contributed by atoms with Crippen molar-refractivity contribution in [2.24, 2.45) is 0 Å². The van der Waals surface area contributed by atoms with Gasteiger partial charge in [0.15, 0.2) is 5.70 Å². The van der Waals surface area contributed by atoms with Crippen molar-refractivity contribution >= 4 is 47.1 Å². The minimum absolute atomic E-state index is 0.0592. The van der Waals surface area contributed by atoms with E-state index in [1.807, 2.05) is 0 Å². The van der Waals surface area contributed by atoms with E-state index in [0.717, 1.165) is 11.8 Å². The normalized spacial score (nSPS) is 17.9. The van der Waals surface area contributed by atoms with Gasteiger partial charge in [0, 0.05) is 18.2 Å². The molecule has 1 aromatic carbocycles. The molecule has 1 fully saturated rings. The lowest BCUT2D eigenvalue weighted by Crippen LogP contribution is -2.48. The standard InChI is InChI=1S/C18H16N2O7S2/c1-2-26-15(22)7-8-28-18-16(19-13(21)9-14(19)29-18)17(23)27-10-11-3-5-12(6-4-11)20(24)25/h3-8,14H,2,9-10H2,1H3/b8-7+/t14-/m1/s1. The Labute approximate surface area is 174 Å². The van der Waals surface area contributed by atoms with Crippen LogP contribution in [0.5, 0.6) is 0 Å². The number of carbonyl (C=O) groups excluding carboxylic acids is 3. The maximum absolute atomic E-state index is 12.6. The SMILES string of the molecule is CCOC(=O)/C=C/SC1=C(C(=O)OCc2ccc([N+](=O)[O-])cc2)N2C(=O)C[C@H]2S1. The average molecular weight is 436 g/mol. The van der Waals surface area contributed by atoms with E-state index in [4.69, 9.17) is 9.47 Å². The number of esters is 2. The van der Waals surface area contributed by atoms with E-state index in [-0.39, 0.29) is 35.9 Å². The first-order valence-electron chi connectivity index (χ1n) is 8.54. The van der Waals surface area contributed by atoms with Crippen molar-refractivity contribution in [1.82, 2.24) is 4.90 Å². The minimum Gasteiger partial charge on any atom is -0.463 e. The fourth-order valence-electron chi connectivity index (χ4n) is 2.57. The molecule has 29 heavy (non-hydrogen) atoms. The van der Waals surface area contributed by atoms with Crippen molar-refractivity contribution in [3.63, 3.8) is 0 Å². The molecule has 1 amide bonds. The first-order chi connectivity index (χ1) is 13.9. The smallest absolute Gasteiger partial charge is 0.357 e. The fourth-order valence-corrected chi connectivity index (χ4v) is 4.98. The number of thioether (sulfide) groups is 2. The summed E-state index contributed by atoms with van der Waals surface area (Å²) in [7, 11) is 0. The number of rotatable bonds is 8. The van der Waals surface area contributed by atoms with Gasteiger partial charge >= 0.3 is 11.9 Å². The number of β-lactam (4-membered cyclic amide) rings is 1. The van der Waals surface area contributed by atoms with Crippen molar-refractivity contribution in [1.29, 1.82) is 0 Å². The second-order valence-corrected chi connectivity index (χ2v) is 8.21. The number of fused-ring (bicyclic) bond motifs is 1. The van der Waals surface area contributed by atoms with E-state index >= 15 is 0 Å². The molecule has 1 atom stereocenters. The highest BCUT2D eigenvalue weighted by atomic mass is 32.2. The molecule has 0 aromatic heterocycles. The Hall–Kier alpha value is -2.79. The molecule has 11 heteroatoms. The van der Waals surface area contributed by atoms with Gasteiger partial charge in [-0.15, -0.1) is 0 Å². The third-order valence-electron chi connectivity index (χ3n) is 3.96. The topological polar surface area (TPSA) is 116 Å². The summed E-state index contributed by atoms with van der Waals surface area (Å²) in [5.74, 6) is -1.33. The summed E-state index contributed by atoms with van der Waals surface area (Å²) in [5.41, 5.74) is 0.672. The lowest BCUT2D eigenvalue weighted by molar-refractivity contribution is -0.384. The molecule has 2 aliphatic rings. The van der Waals surface area contributed by atoms with Crippen molar-refractivity contribution < 1.29 is 28.8 Å². The molecule has 2 aliphatic heterocycles. The van der Waals surface area contributed by atoms with Crippen LogP contribution in [0.4, 0.5) is 5.69 Å². The van der Waals surface area contributed by atoms with E-state index in [1.54, 1.807) is 6.92 Å². The summed E-state index contributed by atoms with van der Waals surface area (Å²) in [5, 5.41) is 12.0. The molecule has 0 unspecified atom stereocenters. The number of non-ortho nitro benzene ring substituents is 1. The van der Waals surface area contributed by atoms with Crippen LogP contribution in [-0.2, 0) is 30.5 Å². The van der Waals surface area contributed by atoms with Crippen LogP contribution in [0.25, 0.3) is 0 Å². The number of benzene rings is 1. The van der Waals surface area contributed by atoms with Crippen LogP contribution in [0.15, 0.2) is 45.7 Å². The molecule has 0 saturated carbocycles. The monoisotopic (exact) mass is 436 g/mol. The zero-order valence-corrected chi connectivity index (χ0v) is 16.9. The number of hydrogen-bond donors (Lipinski definition) is 0. The molecule has 0 bridgehead atoms. The van der Waals surface area contributed by atoms with Crippen molar-refractivity contribution in [3.05, 3.63) is 61.4 Å². The van der Waals surface area contributed by atoms with Crippen LogP contribution < -0.4 is 0 Å². The van der Waals surface area contributed by atoms with Crippen molar-refractivity contribution in [2.75, 3.05) is 6.61 Å². The van der Waals surface area contributed by atoms with Gasteiger partial charge in [-0.3, -0.25) is 19.8 Å². The molecule has 0 aliphatic carbocycles. The number of nitro benzene ring substituents is 1. The second kappa shape index (κ2) is 9.14. The van der Waals surface area contributed by atoms with E-state index in [1.165, 1.54) is 52.4 Å².